The summed E-state index contributed by atoms with van der Waals surface area (Å²) in [7, 11) is 1.75. The zero-order chi connectivity index (χ0) is 36.4. The summed E-state index contributed by atoms with van der Waals surface area (Å²) in [4.78, 5) is 0. The summed E-state index contributed by atoms with van der Waals surface area (Å²) < 4.78 is 8.51. The van der Waals surface area contributed by atoms with Crippen LogP contribution >= 0.6 is 0 Å². The van der Waals surface area contributed by atoms with Gasteiger partial charge >= 0.3 is 7.48 Å². The van der Waals surface area contributed by atoms with Gasteiger partial charge in [-0.3, -0.25) is 0 Å². The molecule has 4 heteroatoms. The van der Waals surface area contributed by atoms with E-state index in [9.17, 15) is 5.11 Å². The van der Waals surface area contributed by atoms with E-state index in [1.165, 1.54) is 49.7 Å². The van der Waals surface area contributed by atoms with Crippen molar-refractivity contribution >= 4 is 34.8 Å². The normalized spacial score (nSPS) is 13.6. The molecule has 1 aliphatic rings. The van der Waals surface area contributed by atoms with Gasteiger partial charge < -0.3 is 14.3 Å². The summed E-state index contributed by atoms with van der Waals surface area (Å²) >= 11 is 0. The molecule has 0 unspecified atom stereocenters. The molecule has 1 N–H and O–H groups in total. The standard InChI is InChI=1S/C49H41BNO2/c1-47(2,52)48(3,4)53-50-37-21-15-16-33(30-37)34-26-29-46-42(31-34)40-23-12-14-25-45(40)51(46)38-27-28-44-41(32-38)39-22-11-13-24-43(39)49(44,35-17-7-5-8-18-35)36-19-9-6-10-20-36/h5-32,52H,1-4H3. The van der Waals surface area contributed by atoms with Crippen molar-refractivity contribution in [2.75, 3.05) is 0 Å². The van der Waals surface area contributed by atoms with Crippen molar-refractivity contribution in [3.05, 3.63) is 192 Å². The first-order chi connectivity index (χ1) is 25.7. The zero-order valence-corrected chi connectivity index (χ0v) is 30.5. The minimum atomic E-state index is -0.991. The van der Waals surface area contributed by atoms with E-state index in [0.29, 0.717) is 0 Å². The molecule has 0 saturated carbocycles. The van der Waals surface area contributed by atoms with Gasteiger partial charge in [-0.1, -0.05) is 145 Å². The molecule has 1 aliphatic carbocycles. The maximum Gasteiger partial charge on any atom is 0.330 e. The molecular formula is C49H41BNO2. The number of hydrogen-bond acceptors (Lipinski definition) is 2. The Labute approximate surface area is 312 Å². The summed E-state index contributed by atoms with van der Waals surface area (Å²) in [5, 5.41) is 13.0. The van der Waals surface area contributed by atoms with Crippen molar-refractivity contribution in [2.45, 2.75) is 44.3 Å². The van der Waals surface area contributed by atoms with Gasteiger partial charge in [0, 0.05) is 16.5 Å². The molecule has 53 heavy (non-hydrogen) atoms. The summed E-state index contributed by atoms with van der Waals surface area (Å²) in [6.07, 6.45) is 0. The van der Waals surface area contributed by atoms with Gasteiger partial charge in [-0.15, -0.1) is 0 Å². The van der Waals surface area contributed by atoms with E-state index in [-0.39, 0.29) is 0 Å². The highest BCUT2D eigenvalue weighted by Crippen LogP contribution is 2.56. The number of fused-ring (bicyclic) bond motifs is 6. The van der Waals surface area contributed by atoms with Crippen LogP contribution in [0.3, 0.4) is 0 Å². The van der Waals surface area contributed by atoms with E-state index in [1.807, 2.05) is 19.9 Å². The highest BCUT2D eigenvalue weighted by molar-refractivity contribution is 6.47. The van der Waals surface area contributed by atoms with Crippen LogP contribution in [0.2, 0.25) is 0 Å². The Balaban J connectivity index is 1.18. The van der Waals surface area contributed by atoms with Crippen molar-refractivity contribution in [1.82, 2.24) is 4.57 Å². The Morgan fingerprint density at radius 3 is 1.89 bits per heavy atom. The second-order valence-electron chi connectivity index (χ2n) is 15.3. The summed E-state index contributed by atoms with van der Waals surface area (Å²) in [5.41, 5.74) is 12.2. The lowest BCUT2D eigenvalue weighted by atomic mass is 9.68. The second kappa shape index (κ2) is 12.5. The molecule has 1 radical (unpaired) electrons. The average molecular weight is 687 g/mol. The van der Waals surface area contributed by atoms with Crippen LogP contribution in [0.5, 0.6) is 0 Å². The molecule has 257 valence electrons. The Kier molecular flexibility index (Phi) is 7.81. The third-order valence-corrected chi connectivity index (χ3v) is 11.6. The third-order valence-electron chi connectivity index (χ3n) is 11.6. The highest BCUT2D eigenvalue weighted by Gasteiger charge is 2.46. The molecule has 0 bridgehead atoms. The van der Waals surface area contributed by atoms with Crippen molar-refractivity contribution < 1.29 is 9.76 Å². The Morgan fingerprint density at radius 1 is 0.528 bits per heavy atom. The topological polar surface area (TPSA) is 34.4 Å². The first kappa shape index (κ1) is 33.2. The van der Waals surface area contributed by atoms with Gasteiger partial charge in [-0.25, -0.2) is 0 Å². The molecule has 3 nitrogen and oxygen atoms in total. The number of benzene rings is 7. The van der Waals surface area contributed by atoms with Crippen LogP contribution in [0.1, 0.15) is 49.9 Å². The second-order valence-corrected chi connectivity index (χ2v) is 15.3. The predicted molar refractivity (Wildman–Crippen MR) is 220 cm³/mol. The van der Waals surface area contributed by atoms with Crippen molar-refractivity contribution in [3.63, 3.8) is 0 Å². The van der Waals surface area contributed by atoms with Crippen molar-refractivity contribution in [3.8, 4) is 27.9 Å². The van der Waals surface area contributed by atoms with E-state index in [0.717, 1.165) is 27.8 Å². The van der Waals surface area contributed by atoms with Crippen LogP contribution in [-0.2, 0) is 10.1 Å². The van der Waals surface area contributed by atoms with Crippen LogP contribution in [0.25, 0.3) is 49.7 Å². The van der Waals surface area contributed by atoms with E-state index in [1.54, 1.807) is 21.3 Å². The average Bonchev–Trinajstić information content (AvgIpc) is 3.68. The van der Waals surface area contributed by atoms with Crippen LogP contribution < -0.4 is 5.46 Å². The summed E-state index contributed by atoms with van der Waals surface area (Å²) in [6, 6.07) is 61.8. The Bertz CT molecular complexity index is 2590. The minimum Gasteiger partial charge on any atom is -0.427 e. The number of para-hydroxylation sites is 1. The molecule has 0 spiro atoms. The number of aliphatic hydroxyl groups is 1. The lowest BCUT2D eigenvalue weighted by Gasteiger charge is -2.37. The SMILES string of the molecule is CC(C)(O)C(C)(C)O[B]c1cccc(-c2ccc3c(c2)c2ccccc2n3-c2ccc3c(c2)-c2ccccc2C3(c2ccccc2)c2ccccc2)c1. The van der Waals surface area contributed by atoms with E-state index < -0.39 is 16.6 Å². The maximum atomic E-state index is 10.6. The van der Waals surface area contributed by atoms with Crippen LogP contribution in [0, 0.1) is 0 Å². The molecular weight excluding hydrogens is 645 g/mol. The number of aromatic nitrogens is 1. The minimum absolute atomic E-state index is 0.427. The van der Waals surface area contributed by atoms with Crippen LogP contribution in [-0.4, -0.2) is 28.4 Å². The van der Waals surface area contributed by atoms with E-state index in [2.05, 4.69) is 168 Å². The van der Waals surface area contributed by atoms with E-state index >= 15 is 0 Å². The fourth-order valence-corrected chi connectivity index (χ4v) is 8.16. The fraction of sp³-hybridized carbons (Fsp3) is 0.143. The fourth-order valence-electron chi connectivity index (χ4n) is 8.16. The molecule has 1 aromatic heterocycles. The monoisotopic (exact) mass is 686 g/mol. The van der Waals surface area contributed by atoms with Gasteiger partial charge in [-0.05, 0) is 103 Å². The molecule has 0 fully saturated rings. The van der Waals surface area contributed by atoms with Gasteiger partial charge in [0.15, 0.2) is 0 Å². The molecule has 9 rings (SSSR count). The lowest BCUT2D eigenvalue weighted by molar-refractivity contribution is -0.0893. The third kappa shape index (κ3) is 5.28. The number of nitrogens with zero attached hydrogens (tertiary/aromatic N) is 1. The van der Waals surface area contributed by atoms with Gasteiger partial charge in [-0.2, -0.15) is 0 Å². The number of rotatable bonds is 8. The quantitative estimate of drug-likeness (QED) is 0.162. The van der Waals surface area contributed by atoms with Crippen LogP contribution in [0.15, 0.2) is 170 Å². The largest absolute Gasteiger partial charge is 0.427 e. The molecule has 0 amide bonds. The summed E-state index contributed by atoms with van der Waals surface area (Å²) in [5.74, 6) is 0. The lowest BCUT2D eigenvalue weighted by Crippen LogP contribution is -2.49. The first-order valence-corrected chi connectivity index (χ1v) is 18.4. The van der Waals surface area contributed by atoms with Crippen LogP contribution in [0.4, 0.5) is 0 Å². The molecule has 0 atom stereocenters. The molecule has 7 aromatic carbocycles. The maximum absolute atomic E-state index is 10.6. The molecule has 8 aromatic rings. The smallest absolute Gasteiger partial charge is 0.330 e. The Hall–Kier alpha value is -5.68. The van der Waals surface area contributed by atoms with Gasteiger partial charge in [0.25, 0.3) is 0 Å². The molecule has 0 aliphatic heterocycles. The van der Waals surface area contributed by atoms with Crippen molar-refractivity contribution in [1.29, 1.82) is 0 Å². The van der Waals surface area contributed by atoms with Gasteiger partial charge in [0.2, 0.25) is 0 Å². The summed E-state index contributed by atoms with van der Waals surface area (Å²) in [6.45, 7) is 7.35. The molecule has 1 heterocycles. The Morgan fingerprint density at radius 2 is 1.15 bits per heavy atom. The highest BCUT2D eigenvalue weighted by atomic mass is 16.5. The zero-order valence-electron chi connectivity index (χ0n) is 30.5. The first-order valence-electron chi connectivity index (χ1n) is 18.4. The van der Waals surface area contributed by atoms with Gasteiger partial charge in [0.1, 0.15) is 0 Å². The molecule has 0 saturated heterocycles. The van der Waals surface area contributed by atoms with Gasteiger partial charge in [0.05, 0.1) is 27.7 Å². The van der Waals surface area contributed by atoms with E-state index in [4.69, 9.17) is 4.65 Å². The number of hydrogen-bond donors (Lipinski definition) is 1. The predicted octanol–water partition coefficient (Wildman–Crippen LogP) is 10.6. The van der Waals surface area contributed by atoms with Crippen molar-refractivity contribution in [2.24, 2.45) is 0 Å².